The molecule has 1 heterocycles. The molecule has 11 heteroatoms. The van der Waals surface area contributed by atoms with Gasteiger partial charge in [-0.15, -0.1) is 19.0 Å². The molecule has 1 aromatic heterocycles. The number of benzene rings is 1. The third kappa shape index (κ3) is 7.09. The number of hydrogen-bond acceptors (Lipinski definition) is 6. The Morgan fingerprint density at radius 1 is 1.28 bits per heavy atom. The van der Waals surface area contributed by atoms with Crippen molar-refractivity contribution in [2.45, 2.75) is 17.9 Å². The molecule has 0 spiro atoms. The van der Waals surface area contributed by atoms with Crippen molar-refractivity contribution in [3.8, 4) is 5.75 Å². The van der Waals surface area contributed by atoms with E-state index in [9.17, 15) is 17.6 Å². The molecule has 2 rings (SSSR count). The summed E-state index contributed by atoms with van der Waals surface area (Å²) in [7, 11) is -4.09. The Balaban J connectivity index is 0.00000420. The van der Waals surface area contributed by atoms with Gasteiger partial charge < -0.3 is 4.74 Å². The van der Waals surface area contributed by atoms with Crippen LogP contribution in [0.15, 0.2) is 60.1 Å². The van der Waals surface area contributed by atoms with Crippen molar-refractivity contribution in [2.75, 3.05) is 13.2 Å². The molecule has 0 bridgehead atoms. The molecule has 2 N–H and O–H groups in total. The van der Waals surface area contributed by atoms with Crippen molar-refractivity contribution in [2.24, 2.45) is 0 Å². The Bertz CT molecular complexity index is 908. The maximum atomic E-state index is 13.0. The highest BCUT2D eigenvalue weighted by atomic mass is 35.5. The lowest BCUT2D eigenvalue weighted by Gasteiger charge is -2.21. The van der Waals surface area contributed by atoms with Crippen LogP contribution in [0.3, 0.4) is 0 Å². The van der Waals surface area contributed by atoms with E-state index in [2.05, 4.69) is 11.6 Å². The summed E-state index contributed by atoms with van der Waals surface area (Å²) in [5, 5.41) is 8.76. The van der Waals surface area contributed by atoms with Crippen molar-refractivity contribution in [1.29, 1.82) is 0 Å². The Morgan fingerprint density at radius 3 is 2.52 bits per heavy atom. The molecule has 0 aliphatic carbocycles. The fourth-order valence-corrected chi connectivity index (χ4v) is 3.63. The minimum Gasteiger partial charge on any atom is -0.493 e. The number of ether oxygens (including phenoxy) is 1. The van der Waals surface area contributed by atoms with Gasteiger partial charge in [-0.25, -0.2) is 18.9 Å². The molecule has 0 saturated carbocycles. The zero-order valence-electron chi connectivity index (χ0n) is 15.3. The van der Waals surface area contributed by atoms with Gasteiger partial charge in [-0.2, -0.15) is 8.70 Å². The van der Waals surface area contributed by atoms with Crippen LogP contribution in [0.4, 0.5) is 4.39 Å². The number of aromatic nitrogens is 1. The molecule has 29 heavy (non-hydrogen) atoms. The Kier molecular flexibility index (Phi) is 9.69. The van der Waals surface area contributed by atoms with E-state index in [1.54, 1.807) is 6.08 Å². The van der Waals surface area contributed by atoms with E-state index in [-0.39, 0.29) is 23.8 Å². The Labute approximate surface area is 174 Å². The van der Waals surface area contributed by atoms with Gasteiger partial charge in [-0.3, -0.25) is 10.0 Å². The first kappa shape index (κ1) is 24.5. The molecule has 158 valence electrons. The summed E-state index contributed by atoms with van der Waals surface area (Å²) < 4.78 is 45.2. The molecule has 2 aromatic rings. The van der Waals surface area contributed by atoms with Crippen LogP contribution in [0.1, 0.15) is 12.0 Å². The Hall–Kier alpha value is -2.53. The van der Waals surface area contributed by atoms with Gasteiger partial charge in [0, 0.05) is 12.7 Å². The van der Waals surface area contributed by atoms with Crippen molar-refractivity contribution in [1.82, 2.24) is 14.8 Å². The largest absolute Gasteiger partial charge is 0.493 e. The number of halogens is 2. The summed E-state index contributed by atoms with van der Waals surface area (Å²) >= 11 is 0. The van der Waals surface area contributed by atoms with E-state index in [0.717, 1.165) is 10.4 Å². The van der Waals surface area contributed by atoms with E-state index in [4.69, 9.17) is 9.94 Å². The predicted octanol–water partition coefficient (Wildman–Crippen LogP) is 2.29. The zero-order chi connectivity index (χ0) is 20.6. The number of rotatable bonds is 10. The number of carbonyl (C=O) groups is 1. The molecule has 0 unspecified atom stereocenters. The third-order valence-electron chi connectivity index (χ3n) is 3.64. The van der Waals surface area contributed by atoms with Crippen LogP contribution in [0, 0.1) is 5.95 Å². The summed E-state index contributed by atoms with van der Waals surface area (Å²) in [6.45, 7) is 3.13. The van der Waals surface area contributed by atoms with E-state index < -0.39 is 28.4 Å². The van der Waals surface area contributed by atoms with Crippen molar-refractivity contribution >= 4 is 28.3 Å². The van der Waals surface area contributed by atoms with Crippen LogP contribution in [0.25, 0.3) is 0 Å². The number of amides is 1. The summed E-state index contributed by atoms with van der Waals surface area (Å²) in [4.78, 5) is 15.0. The summed E-state index contributed by atoms with van der Waals surface area (Å²) in [5.74, 6) is -1.13. The topological polar surface area (TPSA) is 109 Å². The molecule has 1 amide bonds. The van der Waals surface area contributed by atoms with Gasteiger partial charge in [0.05, 0.1) is 18.0 Å². The molecule has 0 aliphatic heterocycles. The smallest absolute Gasteiger partial charge is 0.258 e. The first-order valence-electron chi connectivity index (χ1n) is 8.24. The quantitative estimate of drug-likeness (QED) is 0.191. The van der Waals surface area contributed by atoms with Crippen LogP contribution in [-0.4, -0.2) is 42.0 Å². The van der Waals surface area contributed by atoms with Gasteiger partial charge in [-0.1, -0.05) is 12.1 Å². The number of nitrogens with one attached hydrogen (secondary N) is 1. The van der Waals surface area contributed by atoms with E-state index in [1.165, 1.54) is 42.0 Å². The number of sulfonamides is 1. The van der Waals surface area contributed by atoms with Crippen molar-refractivity contribution in [3.05, 3.63) is 66.8 Å². The fraction of sp³-hybridized carbons (Fsp3) is 0.222. The van der Waals surface area contributed by atoms with Gasteiger partial charge in [0.1, 0.15) is 5.75 Å². The molecular weight excluding hydrogens is 425 g/mol. The first-order chi connectivity index (χ1) is 13.4. The normalized spacial score (nSPS) is 10.9. The van der Waals surface area contributed by atoms with Crippen molar-refractivity contribution in [3.63, 3.8) is 0 Å². The SMILES string of the molecule is C=CCCOc1ccc(S(=O)(=O)N(CC(=O)NO)Cc2ccc(F)nc2)cc1.Cl. The number of carbonyl (C=O) groups excluding carboxylic acids is 1. The van der Waals surface area contributed by atoms with E-state index in [1.807, 2.05) is 0 Å². The van der Waals surface area contributed by atoms with Crippen molar-refractivity contribution < 1.29 is 27.5 Å². The number of pyridine rings is 1. The maximum absolute atomic E-state index is 13.0. The molecule has 0 saturated heterocycles. The standard InChI is InChI=1S/C18H20FN3O5S.ClH/c1-2-3-10-27-15-5-7-16(8-6-15)28(25,26)22(13-18(23)21-24)12-14-4-9-17(19)20-11-14;/h2,4-9,11,24H,1,3,10,12-13H2,(H,21,23);1H. The van der Waals surface area contributed by atoms with Crippen LogP contribution in [-0.2, 0) is 21.4 Å². The molecule has 0 radical (unpaired) electrons. The number of hydrogen-bond donors (Lipinski definition) is 2. The molecule has 1 aromatic carbocycles. The van der Waals surface area contributed by atoms with Gasteiger partial charge in [-0.05, 0) is 42.3 Å². The lowest BCUT2D eigenvalue weighted by molar-refractivity contribution is -0.129. The van der Waals surface area contributed by atoms with Gasteiger partial charge in [0.25, 0.3) is 5.91 Å². The summed E-state index contributed by atoms with van der Waals surface area (Å²) in [5.41, 5.74) is 1.78. The highest BCUT2D eigenvalue weighted by Crippen LogP contribution is 2.21. The minimum absolute atomic E-state index is 0. The van der Waals surface area contributed by atoms with E-state index in [0.29, 0.717) is 24.3 Å². The number of hydroxylamine groups is 1. The molecular formula is C18H21ClFN3O5S. The Morgan fingerprint density at radius 2 is 1.97 bits per heavy atom. The second-order valence-corrected chi connectivity index (χ2v) is 7.63. The lowest BCUT2D eigenvalue weighted by Crippen LogP contribution is -2.39. The monoisotopic (exact) mass is 445 g/mol. The molecule has 0 atom stereocenters. The highest BCUT2D eigenvalue weighted by Gasteiger charge is 2.27. The summed E-state index contributed by atoms with van der Waals surface area (Å²) in [6.07, 6.45) is 3.52. The number of nitrogens with zero attached hydrogens (tertiary/aromatic N) is 2. The molecule has 0 aliphatic rings. The van der Waals surface area contributed by atoms with Gasteiger partial charge in [0.2, 0.25) is 16.0 Å². The molecule has 0 fully saturated rings. The minimum atomic E-state index is -4.09. The summed E-state index contributed by atoms with van der Waals surface area (Å²) in [6, 6.07) is 8.15. The second-order valence-electron chi connectivity index (χ2n) is 5.69. The van der Waals surface area contributed by atoms with Crippen LogP contribution in [0.2, 0.25) is 0 Å². The zero-order valence-corrected chi connectivity index (χ0v) is 17.0. The predicted molar refractivity (Wildman–Crippen MR) is 106 cm³/mol. The average molecular weight is 446 g/mol. The average Bonchev–Trinajstić information content (AvgIpc) is 2.69. The van der Waals surface area contributed by atoms with Gasteiger partial charge >= 0.3 is 0 Å². The lowest BCUT2D eigenvalue weighted by atomic mass is 10.3. The van der Waals surface area contributed by atoms with Crippen LogP contribution >= 0.6 is 12.4 Å². The maximum Gasteiger partial charge on any atom is 0.258 e. The second kappa shape index (κ2) is 11.5. The van der Waals surface area contributed by atoms with Crippen LogP contribution in [0.5, 0.6) is 5.75 Å². The van der Waals surface area contributed by atoms with Gasteiger partial charge in [0.15, 0.2) is 0 Å². The third-order valence-corrected chi connectivity index (χ3v) is 5.45. The van der Waals surface area contributed by atoms with Crippen LogP contribution < -0.4 is 10.2 Å². The fourth-order valence-electron chi connectivity index (χ4n) is 2.24. The highest BCUT2D eigenvalue weighted by molar-refractivity contribution is 7.89. The first-order valence-corrected chi connectivity index (χ1v) is 9.68. The molecule has 8 nitrogen and oxygen atoms in total. The van der Waals surface area contributed by atoms with E-state index >= 15 is 0 Å².